The Bertz CT molecular complexity index is 656. The number of rotatable bonds is 8. The van der Waals surface area contributed by atoms with Crippen LogP contribution in [-0.4, -0.2) is 36.7 Å². The van der Waals surface area contributed by atoms with Gasteiger partial charge in [0.1, 0.15) is 12.4 Å². The number of ether oxygens (including phenoxy) is 2. The molecule has 0 saturated heterocycles. The van der Waals surface area contributed by atoms with Crippen LogP contribution < -0.4 is 10.1 Å². The quantitative estimate of drug-likeness (QED) is 0.772. The zero-order valence-corrected chi connectivity index (χ0v) is 13.3. The molecule has 0 bridgehead atoms. The Labute approximate surface area is 137 Å². The molecule has 1 aromatic carbocycles. The minimum absolute atomic E-state index is 0.102. The molecule has 7 heteroatoms. The molecule has 23 heavy (non-hydrogen) atoms. The summed E-state index contributed by atoms with van der Waals surface area (Å²) in [7, 11) is 1.38. The zero-order valence-electron chi connectivity index (χ0n) is 12.5. The normalized spacial score (nSPS) is 11.7. The molecule has 6 nitrogen and oxygen atoms in total. The van der Waals surface area contributed by atoms with Gasteiger partial charge in [0, 0.05) is 17.6 Å². The van der Waals surface area contributed by atoms with Crippen molar-refractivity contribution >= 4 is 23.2 Å². The highest BCUT2D eigenvalue weighted by molar-refractivity contribution is 7.09. The van der Waals surface area contributed by atoms with Gasteiger partial charge in [0.25, 0.3) is 5.91 Å². The van der Waals surface area contributed by atoms with E-state index >= 15 is 0 Å². The number of hydrogen-bond donors (Lipinski definition) is 2. The number of methoxy groups -OCH3 is 1. The number of thiophene rings is 1. The van der Waals surface area contributed by atoms with Crippen molar-refractivity contribution in [3.05, 3.63) is 52.2 Å². The average Bonchev–Trinajstić information content (AvgIpc) is 3.06. The Kier molecular flexibility index (Phi) is 6.13. The predicted molar refractivity (Wildman–Crippen MR) is 85.9 cm³/mol. The number of amides is 1. The molecule has 1 aromatic heterocycles. The average molecular weight is 335 g/mol. The molecule has 1 heterocycles. The second-order valence-corrected chi connectivity index (χ2v) is 5.75. The van der Waals surface area contributed by atoms with Gasteiger partial charge in [-0.1, -0.05) is 12.1 Å². The molecule has 2 aromatic rings. The smallest absolute Gasteiger partial charge is 0.328 e. The number of aliphatic carboxylic acids is 1. The Morgan fingerprint density at radius 3 is 2.78 bits per heavy atom. The summed E-state index contributed by atoms with van der Waals surface area (Å²) in [4.78, 5) is 24.2. The van der Waals surface area contributed by atoms with Crippen LogP contribution in [0, 0.1) is 0 Å². The fourth-order valence-corrected chi connectivity index (χ4v) is 2.48. The second kappa shape index (κ2) is 8.30. The highest BCUT2D eigenvalue weighted by Crippen LogP contribution is 2.17. The summed E-state index contributed by atoms with van der Waals surface area (Å²) in [5.74, 6) is -1.09. The Morgan fingerprint density at radius 2 is 2.13 bits per heavy atom. The molecule has 0 aliphatic heterocycles. The maximum Gasteiger partial charge on any atom is 0.328 e. The highest BCUT2D eigenvalue weighted by Gasteiger charge is 2.20. The minimum Gasteiger partial charge on any atom is -0.488 e. The number of carbonyl (C=O) groups is 2. The van der Waals surface area contributed by atoms with E-state index in [-0.39, 0.29) is 6.61 Å². The van der Waals surface area contributed by atoms with Gasteiger partial charge < -0.3 is 19.9 Å². The monoisotopic (exact) mass is 335 g/mol. The van der Waals surface area contributed by atoms with Crippen LogP contribution >= 0.6 is 11.3 Å². The van der Waals surface area contributed by atoms with Gasteiger partial charge in [0.05, 0.1) is 6.61 Å². The molecule has 0 fully saturated rings. The second-order valence-electron chi connectivity index (χ2n) is 4.72. The summed E-state index contributed by atoms with van der Waals surface area (Å²) in [6.45, 7) is 0.319. The third kappa shape index (κ3) is 5.08. The summed E-state index contributed by atoms with van der Waals surface area (Å²) >= 11 is 1.59. The van der Waals surface area contributed by atoms with E-state index in [1.807, 2.05) is 17.5 Å². The van der Waals surface area contributed by atoms with E-state index in [0.717, 1.165) is 4.88 Å². The van der Waals surface area contributed by atoms with Crippen molar-refractivity contribution in [3.63, 3.8) is 0 Å². The van der Waals surface area contributed by atoms with Crippen molar-refractivity contribution in [3.8, 4) is 5.75 Å². The van der Waals surface area contributed by atoms with E-state index in [9.17, 15) is 9.59 Å². The molecule has 0 saturated carbocycles. The van der Waals surface area contributed by atoms with Crippen molar-refractivity contribution in [1.29, 1.82) is 0 Å². The molecule has 0 spiro atoms. The lowest BCUT2D eigenvalue weighted by Crippen LogP contribution is -2.43. The van der Waals surface area contributed by atoms with E-state index in [1.54, 1.807) is 35.6 Å². The zero-order chi connectivity index (χ0) is 16.7. The summed E-state index contributed by atoms with van der Waals surface area (Å²) in [5.41, 5.74) is 0.330. The minimum atomic E-state index is -1.15. The van der Waals surface area contributed by atoms with E-state index in [2.05, 4.69) is 5.32 Å². The first-order valence-corrected chi connectivity index (χ1v) is 7.76. The maximum atomic E-state index is 12.1. The van der Waals surface area contributed by atoms with Gasteiger partial charge in [0.15, 0.2) is 6.04 Å². The first-order chi connectivity index (χ1) is 11.1. The summed E-state index contributed by atoms with van der Waals surface area (Å²) in [6, 6.07) is 9.41. The molecular weight excluding hydrogens is 318 g/mol. The molecule has 0 aliphatic carbocycles. The van der Waals surface area contributed by atoms with Gasteiger partial charge in [-0.05, 0) is 29.6 Å². The van der Waals surface area contributed by atoms with Crippen LogP contribution in [0.1, 0.15) is 15.2 Å². The number of nitrogens with one attached hydrogen (secondary N) is 1. The van der Waals surface area contributed by atoms with Crippen LogP contribution in [0.15, 0.2) is 41.8 Å². The third-order valence-electron chi connectivity index (χ3n) is 2.99. The summed E-state index contributed by atoms with van der Waals surface area (Å²) in [5, 5.41) is 13.4. The van der Waals surface area contributed by atoms with Crippen LogP contribution in [0.4, 0.5) is 0 Å². The Balaban J connectivity index is 2.00. The molecule has 1 atom stereocenters. The van der Waals surface area contributed by atoms with Crippen LogP contribution in [0.3, 0.4) is 0 Å². The summed E-state index contributed by atoms with van der Waals surface area (Å²) in [6.07, 6.45) is 0. The van der Waals surface area contributed by atoms with Crippen LogP contribution in [0.25, 0.3) is 0 Å². The Hall–Kier alpha value is -2.38. The molecule has 1 amide bonds. The number of hydrogen-bond acceptors (Lipinski definition) is 5. The molecule has 0 aliphatic rings. The Morgan fingerprint density at radius 1 is 1.30 bits per heavy atom. The van der Waals surface area contributed by atoms with E-state index in [1.165, 1.54) is 7.11 Å². The topological polar surface area (TPSA) is 84.9 Å². The molecule has 0 radical (unpaired) electrons. The van der Waals surface area contributed by atoms with Crippen molar-refractivity contribution in [2.45, 2.75) is 12.6 Å². The molecule has 122 valence electrons. The van der Waals surface area contributed by atoms with Gasteiger partial charge in [-0.2, -0.15) is 0 Å². The lowest BCUT2D eigenvalue weighted by atomic mass is 10.2. The number of carboxylic acid groups (broad SMARTS) is 1. The van der Waals surface area contributed by atoms with Gasteiger partial charge in [-0.25, -0.2) is 4.79 Å². The summed E-state index contributed by atoms with van der Waals surface area (Å²) < 4.78 is 10.4. The van der Waals surface area contributed by atoms with Gasteiger partial charge in [-0.15, -0.1) is 11.3 Å². The van der Waals surface area contributed by atoms with Crippen molar-refractivity contribution in [2.24, 2.45) is 0 Å². The maximum absolute atomic E-state index is 12.1. The number of carbonyl (C=O) groups excluding carboxylic acids is 1. The standard InChI is InChI=1S/C16H17NO5S/c1-21-10-14(16(19)20)17-15(18)11-4-2-5-12(8-11)22-9-13-6-3-7-23-13/h2-8,14H,9-10H2,1H3,(H,17,18)(H,19,20). The fraction of sp³-hybridized carbons (Fsp3) is 0.250. The predicted octanol–water partition coefficient (Wildman–Crippen LogP) is 2.16. The van der Waals surface area contributed by atoms with Crippen LogP contribution in [-0.2, 0) is 16.1 Å². The SMILES string of the molecule is COCC(NC(=O)c1cccc(OCc2cccs2)c1)C(=O)O. The van der Waals surface area contributed by atoms with Crippen molar-refractivity contribution in [2.75, 3.05) is 13.7 Å². The number of carboxylic acids is 1. The first-order valence-electron chi connectivity index (χ1n) is 6.88. The van der Waals surface area contributed by atoms with Crippen LogP contribution in [0.2, 0.25) is 0 Å². The molecule has 2 N–H and O–H groups in total. The molecule has 2 rings (SSSR count). The van der Waals surface area contributed by atoms with Gasteiger partial charge >= 0.3 is 5.97 Å². The van der Waals surface area contributed by atoms with E-state index < -0.39 is 17.9 Å². The van der Waals surface area contributed by atoms with Crippen molar-refractivity contribution < 1.29 is 24.2 Å². The van der Waals surface area contributed by atoms with Gasteiger partial charge in [0.2, 0.25) is 0 Å². The fourth-order valence-electron chi connectivity index (χ4n) is 1.86. The van der Waals surface area contributed by atoms with E-state index in [0.29, 0.717) is 17.9 Å². The van der Waals surface area contributed by atoms with Gasteiger partial charge in [-0.3, -0.25) is 4.79 Å². The van der Waals surface area contributed by atoms with Crippen molar-refractivity contribution in [1.82, 2.24) is 5.32 Å². The van der Waals surface area contributed by atoms with E-state index in [4.69, 9.17) is 14.6 Å². The molecule has 1 unspecified atom stereocenters. The third-order valence-corrected chi connectivity index (χ3v) is 3.84. The highest BCUT2D eigenvalue weighted by atomic mass is 32.1. The van der Waals surface area contributed by atoms with Crippen LogP contribution in [0.5, 0.6) is 5.75 Å². The largest absolute Gasteiger partial charge is 0.488 e. The first kappa shape index (κ1) is 17.0. The lowest BCUT2D eigenvalue weighted by Gasteiger charge is -2.14. The number of benzene rings is 1. The lowest BCUT2D eigenvalue weighted by molar-refractivity contribution is -0.140. The molecular formula is C16H17NO5S.